The molecule has 0 N–H and O–H groups in total. The number of nitrogens with zero attached hydrogens (tertiary/aromatic N) is 1. The van der Waals surface area contributed by atoms with Gasteiger partial charge in [-0.2, -0.15) is 0 Å². The molecule has 1 aromatic carbocycles. The van der Waals surface area contributed by atoms with Crippen LogP contribution in [-0.2, 0) is 11.3 Å². The molecule has 0 saturated carbocycles. The van der Waals surface area contributed by atoms with Gasteiger partial charge in [-0.05, 0) is 51.8 Å². The number of halogens is 2. The molecule has 0 aliphatic heterocycles. The highest BCUT2D eigenvalue weighted by Crippen LogP contribution is 2.23. The highest BCUT2D eigenvalue weighted by Gasteiger charge is 2.06. The lowest BCUT2D eigenvalue weighted by Gasteiger charge is -2.15. The van der Waals surface area contributed by atoms with Gasteiger partial charge in [0.15, 0.2) is 0 Å². The Bertz CT molecular complexity index is 621. The van der Waals surface area contributed by atoms with E-state index in [0.29, 0.717) is 6.54 Å². The van der Waals surface area contributed by atoms with Crippen molar-refractivity contribution in [1.82, 2.24) is 4.90 Å². The van der Waals surface area contributed by atoms with Gasteiger partial charge in [-0.1, -0.05) is 12.1 Å². The monoisotopic (exact) mass is 353 g/mol. The van der Waals surface area contributed by atoms with Crippen LogP contribution in [0.25, 0.3) is 6.08 Å². The maximum Gasteiger partial charge on any atom is 0.246 e. The van der Waals surface area contributed by atoms with E-state index in [9.17, 15) is 9.18 Å². The first-order chi connectivity index (χ1) is 9.54. The van der Waals surface area contributed by atoms with Crippen LogP contribution in [0.2, 0.25) is 0 Å². The van der Waals surface area contributed by atoms with Gasteiger partial charge < -0.3 is 4.90 Å². The van der Waals surface area contributed by atoms with E-state index in [4.69, 9.17) is 0 Å². The first-order valence-corrected chi connectivity index (χ1v) is 7.58. The summed E-state index contributed by atoms with van der Waals surface area (Å²) in [6.07, 6.45) is 3.33. The first-order valence-electron chi connectivity index (χ1n) is 5.97. The van der Waals surface area contributed by atoms with E-state index in [1.54, 1.807) is 47.6 Å². The molecule has 0 atom stereocenters. The largest absolute Gasteiger partial charge is 0.338 e. The zero-order valence-corrected chi connectivity index (χ0v) is 13.2. The van der Waals surface area contributed by atoms with Crippen molar-refractivity contribution in [2.45, 2.75) is 6.54 Å². The summed E-state index contributed by atoms with van der Waals surface area (Å²) in [5.41, 5.74) is 0.898. The number of amides is 1. The third kappa shape index (κ3) is 4.28. The van der Waals surface area contributed by atoms with E-state index in [1.807, 2.05) is 12.1 Å². The minimum atomic E-state index is -0.272. The van der Waals surface area contributed by atoms with Crippen molar-refractivity contribution < 1.29 is 9.18 Å². The Hall–Kier alpha value is -1.46. The number of thiophene rings is 1. The van der Waals surface area contributed by atoms with E-state index in [0.717, 1.165) is 14.2 Å². The molecule has 5 heteroatoms. The van der Waals surface area contributed by atoms with Gasteiger partial charge in [0.25, 0.3) is 0 Å². The van der Waals surface area contributed by atoms with Crippen molar-refractivity contribution in [3.63, 3.8) is 0 Å². The first kappa shape index (κ1) is 14.9. The van der Waals surface area contributed by atoms with Crippen LogP contribution in [0.3, 0.4) is 0 Å². The highest BCUT2D eigenvalue weighted by atomic mass is 79.9. The fourth-order valence-electron chi connectivity index (χ4n) is 1.64. The fourth-order valence-corrected chi connectivity index (χ4v) is 2.97. The summed E-state index contributed by atoms with van der Waals surface area (Å²) in [5.74, 6) is -0.357. The number of likely N-dealkylation sites (N-methyl/N-ethyl adjacent to an activating group) is 1. The van der Waals surface area contributed by atoms with Gasteiger partial charge in [-0.15, -0.1) is 11.3 Å². The molecular weight excluding hydrogens is 341 g/mol. The third-order valence-electron chi connectivity index (χ3n) is 2.69. The van der Waals surface area contributed by atoms with E-state index in [-0.39, 0.29) is 11.7 Å². The number of rotatable bonds is 4. The molecule has 1 amide bonds. The summed E-state index contributed by atoms with van der Waals surface area (Å²) < 4.78 is 13.8. The molecular formula is C15H13BrFNOS. The van der Waals surface area contributed by atoms with E-state index in [1.165, 1.54) is 12.1 Å². The topological polar surface area (TPSA) is 20.3 Å². The SMILES string of the molecule is CN(Cc1ccc(F)cc1)C(=O)/C=C/c1ccc(Br)s1. The fraction of sp³-hybridized carbons (Fsp3) is 0.133. The summed E-state index contributed by atoms with van der Waals surface area (Å²) in [6.45, 7) is 0.456. The normalized spacial score (nSPS) is 10.9. The summed E-state index contributed by atoms with van der Waals surface area (Å²) in [7, 11) is 1.72. The van der Waals surface area contributed by atoms with Gasteiger partial charge in [-0.3, -0.25) is 4.79 Å². The molecule has 0 unspecified atom stereocenters. The number of benzene rings is 1. The smallest absolute Gasteiger partial charge is 0.246 e. The van der Waals surface area contributed by atoms with E-state index in [2.05, 4.69) is 15.9 Å². The minimum Gasteiger partial charge on any atom is -0.338 e. The van der Waals surface area contributed by atoms with Crippen LogP contribution in [0.4, 0.5) is 4.39 Å². The molecule has 2 aromatic rings. The van der Waals surface area contributed by atoms with Gasteiger partial charge in [0.2, 0.25) is 5.91 Å². The van der Waals surface area contributed by atoms with Gasteiger partial charge in [0.05, 0.1) is 3.79 Å². The number of hydrogen-bond donors (Lipinski definition) is 0. The van der Waals surface area contributed by atoms with Crippen molar-refractivity contribution in [3.05, 3.63) is 62.5 Å². The van der Waals surface area contributed by atoms with Crippen LogP contribution in [0.5, 0.6) is 0 Å². The Morgan fingerprint density at radius 2 is 2.00 bits per heavy atom. The van der Waals surface area contributed by atoms with Crippen molar-refractivity contribution in [3.8, 4) is 0 Å². The molecule has 0 fully saturated rings. The Morgan fingerprint density at radius 1 is 1.30 bits per heavy atom. The summed E-state index contributed by atoms with van der Waals surface area (Å²) >= 11 is 4.94. The van der Waals surface area contributed by atoms with Crippen LogP contribution < -0.4 is 0 Å². The van der Waals surface area contributed by atoms with Gasteiger partial charge >= 0.3 is 0 Å². The maximum atomic E-state index is 12.8. The average molecular weight is 354 g/mol. The van der Waals surface area contributed by atoms with Gasteiger partial charge in [-0.25, -0.2) is 4.39 Å². The number of carbonyl (C=O) groups excluding carboxylic acids is 1. The van der Waals surface area contributed by atoms with Crippen LogP contribution in [0.15, 0.2) is 46.3 Å². The second-order valence-electron chi connectivity index (χ2n) is 4.30. The molecule has 2 rings (SSSR count). The quantitative estimate of drug-likeness (QED) is 0.749. The molecule has 0 aliphatic carbocycles. The zero-order chi connectivity index (χ0) is 14.5. The minimum absolute atomic E-state index is 0.0844. The molecule has 20 heavy (non-hydrogen) atoms. The molecule has 0 spiro atoms. The molecule has 0 aliphatic rings. The Labute approximate surface area is 129 Å². The van der Waals surface area contributed by atoms with Gasteiger partial charge in [0.1, 0.15) is 5.82 Å². The molecule has 104 valence electrons. The number of hydrogen-bond acceptors (Lipinski definition) is 2. The maximum absolute atomic E-state index is 12.8. The predicted octanol–water partition coefficient (Wildman–Crippen LogP) is 4.32. The molecule has 0 radical (unpaired) electrons. The molecule has 0 bridgehead atoms. The van der Waals surface area contributed by atoms with Crippen LogP contribution in [0, 0.1) is 5.82 Å². The summed E-state index contributed by atoms with van der Waals surface area (Å²) in [4.78, 5) is 14.6. The second-order valence-corrected chi connectivity index (χ2v) is 6.79. The predicted molar refractivity (Wildman–Crippen MR) is 83.9 cm³/mol. The van der Waals surface area contributed by atoms with Crippen molar-refractivity contribution in [2.24, 2.45) is 0 Å². The average Bonchev–Trinajstić information content (AvgIpc) is 2.84. The third-order valence-corrected chi connectivity index (χ3v) is 4.28. The van der Waals surface area contributed by atoms with Crippen molar-refractivity contribution in [1.29, 1.82) is 0 Å². The highest BCUT2D eigenvalue weighted by molar-refractivity contribution is 9.11. The second kappa shape index (κ2) is 6.81. The van der Waals surface area contributed by atoms with Crippen molar-refractivity contribution in [2.75, 3.05) is 7.05 Å². The molecule has 1 aromatic heterocycles. The van der Waals surface area contributed by atoms with E-state index >= 15 is 0 Å². The standard InChI is InChI=1S/C15H13BrFNOS/c1-18(10-11-2-4-12(17)5-3-11)15(19)9-7-13-6-8-14(16)20-13/h2-9H,10H2,1H3/b9-7+. The van der Waals surface area contributed by atoms with Crippen LogP contribution in [0.1, 0.15) is 10.4 Å². The lowest BCUT2D eigenvalue weighted by atomic mass is 10.2. The molecule has 0 saturated heterocycles. The molecule has 2 nitrogen and oxygen atoms in total. The van der Waals surface area contributed by atoms with Crippen LogP contribution >= 0.6 is 27.3 Å². The molecule has 1 heterocycles. The van der Waals surface area contributed by atoms with Crippen molar-refractivity contribution >= 4 is 39.2 Å². The summed E-state index contributed by atoms with van der Waals surface area (Å²) in [6, 6.07) is 10.0. The lowest BCUT2D eigenvalue weighted by Crippen LogP contribution is -2.24. The van der Waals surface area contributed by atoms with E-state index < -0.39 is 0 Å². The zero-order valence-electron chi connectivity index (χ0n) is 10.8. The Morgan fingerprint density at radius 3 is 2.60 bits per heavy atom. The Kier molecular flexibility index (Phi) is 5.09. The Balaban J connectivity index is 1.95. The number of carbonyl (C=O) groups is 1. The van der Waals surface area contributed by atoms with Gasteiger partial charge in [0, 0.05) is 24.5 Å². The van der Waals surface area contributed by atoms with Crippen LogP contribution in [-0.4, -0.2) is 17.9 Å². The lowest BCUT2D eigenvalue weighted by molar-refractivity contribution is -0.125. The summed E-state index contributed by atoms with van der Waals surface area (Å²) in [5, 5.41) is 0.